The lowest BCUT2D eigenvalue weighted by Gasteiger charge is -2.37. The minimum Gasteiger partial charge on any atom is -0.299 e. The van der Waals surface area contributed by atoms with Gasteiger partial charge in [-0.3, -0.25) is 9.80 Å². The van der Waals surface area contributed by atoms with Gasteiger partial charge >= 0.3 is 0 Å². The third-order valence-electron chi connectivity index (χ3n) is 7.12. The number of benzene rings is 2. The van der Waals surface area contributed by atoms with Crippen LogP contribution in [0.5, 0.6) is 0 Å². The van der Waals surface area contributed by atoms with E-state index in [0.717, 1.165) is 55.6 Å². The Morgan fingerprint density at radius 1 is 0.875 bits per heavy atom. The minimum absolute atomic E-state index is 0.00241. The first-order valence-corrected chi connectivity index (χ1v) is 11.8. The van der Waals surface area contributed by atoms with Crippen molar-refractivity contribution in [2.75, 3.05) is 26.2 Å². The van der Waals surface area contributed by atoms with E-state index in [4.69, 9.17) is 0 Å². The van der Waals surface area contributed by atoms with Crippen LogP contribution in [0.1, 0.15) is 61.6 Å². The van der Waals surface area contributed by atoms with Crippen LogP contribution in [0.15, 0.2) is 54.6 Å². The second kappa shape index (κ2) is 9.46. The molecule has 0 amide bonds. The van der Waals surface area contributed by atoms with Crippen molar-refractivity contribution in [3.63, 3.8) is 0 Å². The van der Waals surface area contributed by atoms with Gasteiger partial charge in [-0.15, -0.1) is 5.10 Å². The van der Waals surface area contributed by atoms with Crippen molar-refractivity contribution in [1.29, 1.82) is 0 Å². The number of halogens is 1. The van der Waals surface area contributed by atoms with Crippen LogP contribution in [-0.4, -0.2) is 62.2 Å². The monoisotopic (exact) mass is 434 g/mol. The largest absolute Gasteiger partial charge is 0.299 e. The first-order valence-electron chi connectivity index (χ1n) is 11.8. The number of rotatable bonds is 6. The van der Waals surface area contributed by atoms with Crippen LogP contribution in [-0.2, 0) is 0 Å². The molecule has 2 fully saturated rings. The van der Waals surface area contributed by atoms with Gasteiger partial charge in [0.2, 0.25) is 0 Å². The fraction of sp³-hybridized carbons (Fsp3) is 0.480. The molecule has 3 aromatic rings. The Bertz CT molecular complexity index is 1000. The van der Waals surface area contributed by atoms with E-state index in [0.29, 0.717) is 0 Å². The number of tetrazole rings is 1. The molecule has 1 saturated carbocycles. The summed E-state index contributed by atoms with van der Waals surface area (Å²) in [6.07, 6.45) is 5.13. The van der Waals surface area contributed by atoms with Gasteiger partial charge in [-0.2, -0.15) is 0 Å². The zero-order valence-corrected chi connectivity index (χ0v) is 18.6. The molecule has 1 unspecified atom stereocenters. The van der Waals surface area contributed by atoms with E-state index in [1.165, 1.54) is 31.4 Å². The quantitative estimate of drug-likeness (QED) is 0.585. The summed E-state index contributed by atoms with van der Waals surface area (Å²) >= 11 is 0. The van der Waals surface area contributed by atoms with Gasteiger partial charge in [-0.1, -0.05) is 48.9 Å². The molecule has 1 saturated heterocycles. The normalized spacial score (nSPS) is 20.4. The highest BCUT2D eigenvalue weighted by molar-refractivity contribution is 5.27. The maximum absolute atomic E-state index is 13.7. The molecular formula is C25H31FN6. The predicted molar refractivity (Wildman–Crippen MR) is 122 cm³/mol. The summed E-state index contributed by atoms with van der Waals surface area (Å²) in [4.78, 5) is 5.13. The van der Waals surface area contributed by atoms with E-state index in [9.17, 15) is 4.39 Å². The lowest BCUT2D eigenvalue weighted by molar-refractivity contribution is 0.127. The van der Waals surface area contributed by atoms with Crippen molar-refractivity contribution in [1.82, 2.24) is 30.0 Å². The predicted octanol–water partition coefficient (Wildman–Crippen LogP) is 4.07. The highest BCUT2D eigenvalue weighted by Crippen LogP contribution is 2.32. The molecule has 2 heterocycles. The number of hydrogen-bond acceptors (Lipinski definition) is 5. The molecule has 168 valence electrons. The van der Waals surface area contributed by atoms with E-state index < -0.39 is 0 Å². The Labute approximate surface area is 189 Å². The molecule has 2 aromatic carbocycles. The third-order valence-corrected chi connectivity index (χ3v) is 7.12. The lowest BCUT2D eigenvalue weighted by Crippen LogP contribution is -2.42. The number of aromatic nitrogens is 4. The zero-order valence-electron chi connectivity index (χ0n) is 18.6. The first-order chi connectivity index (χ1) is 15.7. The molecule has 32 heavy (non-hydrogen) atoms. The lowest BCUT2D eigenvalue weighted by atomic mass is 9.91. The van der Waals surface area contributed by atoms with Crippen LogP contribution >= 0.6 is 0 Å². The van der Waals surface area contributed by atoms with Crippen molar-refractivity contribution in [2.45, 2.75) is 50.7 Å². The van der Waals surface area contributed by atoms with Crippen LogP contribution in [0.4, 0.5) is 4.39 Å². The third kappa shape index (κ3) is 4.32. The van der Waals surface area contributed by atoms with Crippen LogP contribution in [0.2, 0.25) is 0 Å². The Morgan fingerprint density at radius 2 is 1.66 bits per heavy atom. The van der Waals surface area contributed by atoms with Crippen molar-refractivity contribution < 1.29 is 4.39 Å². The van der Waals surface area contributed by atoms with E-state index in [1.54, 1.807) is 0 Å². The molecule has 5 rings (SSSR count). The minimum atomic E-state index is -0.225. The van der Waals surface area contributed by atoms with Gasteiger partial charge in [0.15, 0.2) is 5.82 Å². The van der Waals surface area contributed by atoms with Crippen molar-refractivity contribution >= 4 is 0 Å². The molecule has 7 heteroatoms. The second-order valence-corrected chi connectivity index (χ2v) is 9.03. The van der Waals surface area contributed by atoms with E-state index in [-0.39, 0.29) is 17.9 Å². The molecule has 1 aromatic heterocycles. The van der Waals surface area contributed by atoms with E-state index in [1.807, 2.05) is 35.0 Å². The fourth-order valence-electron chi connectivity index (χ4n) is 5.03. The van der Waals surface area contributed by atoms with Crippen molar-refractivity contribution in [3.8, 4) is 0 Å². The topological polar surface area (TPSA) is 50.1 Å². The maximum Gasteiger partial charge on any atom is 0.173 e. The highest BCUT2D eigenvalue weighted by Gasteiger charge is 2.33. The molecule has 2 aliphatic rings. The van der Waals surface area contributed by atoms with Crippen LogP contribution in [0, 0.1) is 5.82 Å². The summed E-state index contributed by atoms with van der Waals surface area (Å²) in [7, 11) is 0. The van der Waals surface area contributed by atoms with Crippen LogP contribution in [0.3, 0.4) is 0 Å². The summed E-state index contributed by atoms with van der Waals surface area (Å²) in [6, 6.07) is 17.8. The Balaban J connectivity index is 1.47. The van der Waals surface area contributed by atoms with Gasteiger partial charge in [0.1, 0.15) is 5.82 Å². The molecule has 0 N–H and O–H groups in total. The van der Waals surface area contributed by atoms with Gasteiger partial charge in [-0.05, 0) is 66.4 Å². The number of hydrogen-bond donors (Lipinski definition) is 0. The van der Waals surface area contributed by atoms with Crippen LogP contribution in [0.25, 0.3) is 0 Å². The van der Waals surface area contributed by atoms with Crippen molar-refractivity contribution in [2.24, 2.45) is 0 Å². The molecule has 1 aliphatic heterocycles. The van der Waals surface area contributed by atoms with Gasteiger partial charge < -0.3 is 0 Å². The van der Waals surface area contributed by atoms with Gasteiger partial charge in [0.25, 0.3) is 0 Å². The zero-order chi connectivity index (χ0) is 21.9. The van der Waals surface area contributed by atoms with Crippen molar-refractivity contribution in [3.05, 3.63) is 77.4 Å². The summed E-state index contributed by atoms with van der Waals surface area (Å²) < 4.78 is 15.7. The van der Waals surface area contributed by atoms with E-state index in [2.05, 4.69) is 44.4 Å². The van der Waals surface area contributed by atoms with E-state index >= 15 is 0 Å². The summed E-state index contributed by atoms with van der Waals surface area (Å²) in [5.41, 5.74) is 2.19. The Morgan fingerprint density at radius 3 is 2.38 bits per heavy atom. The smallest absolute Gasteiger partial charge is 0.173 e. The first kappa shape index (κ1) is 21.2. The van der Waals surface area contributed by atoms with Gasteiger partial charge in [0, 0.05) is 25.7 Å². The Hall–Kier alpha value is -2.64. The summed E-state index contributed by atoms with van der Waals surface area (Å²) in [5, 5.41) is 13.0. The standard InChI is InChI=1S/C25H31FN6/c1-19(20-7-3-2-4-8-20)32-25(27-28-29-32)24(21-11-13-22(26)14-12-21)31-16-6-15-30(17-18-31)23-9-5-10-23/h2-4,7-8,11-14,19,23-24H,5-6,9-10,15-18H2,1H3/t19-,24?/m0/s1. The molecule has 2 atom stereocenters. The molecule has 6 nitrogen and oxygen atoms in total. The number of nitrogens with zero attached hydrogens (tertiary/aromatic N) is 6. The average molecular weight is 435 g/mol. The second-order valence-electron chi connectivity index (χ2n) is 9.03. The van der Waals surface area contributed by atoms with Gasteiger partial charge in [-0.25, -0.2) is 9.07 Å². The maximum atomic E-state index is 13.7. The van der Waals surface area contributed by atoms with Crippen LogP contribution < -0.4 is 0 Å². The fourth-order valence-corrected chi connectivity index (χ4v) is 5.03. The van der Waals surface area contributed by atoms with Gasteiger partial charge in [0.05, 0.1) is 12.1 Å². The molecule has 1 aliphatic carbocycles. The molecule has 0 bridgehead atoms. The summed E-state index contributed by atoms with van der Waals surface area (Å²) in [5.74, 6) is 0.585. The highest BCUT2D eigenvalue weighted by atomic mass is 19.1. The molecule has 0 radical (unpaired) electrons. The SMILES string of the molecule is C[C@@H](c1ccccc1)n1nnnc1C(c1ccc(F)cc1)N1CCCN(C2CCC2)CC1. The average Bonchev–Trinajstić information content (AvgIpc) is 3.14. The molecule has 0 spiro atoms. The Kier molecular flexibility index (Phi) is 6.28. The summed E-state index contributed by atoms with van der Waals surface area (Å²) in [6.45, 7) is 6.24. The molecular weight excluding hydrogens is 403 g/mol.